The van der Waals surface area contributed by atoms with Crippen molar-refractivity contribution in [2.24, 2.45) is 0 Å². The molecule has 0 radical (unpaired) electrons. The standard InChI is InChI=1S/C17H20N2O2/c1-11-7-8-12-10-15(19-16(20)14(12)9-11)17(21)18-13-5-3-2-4-6-13/h7-10,13H,2-6H2,1H3,(H,18,21)(H,19,20). The molecule has 1 heterocycles. The van der Waals surface area contributed by atoms with Gasteiger partial charge in [-0.1, -0.05) is 37.0 Å². The molecule has 0 bridgehead atoms. The minimum absolute atomic E-state index is 0.179. The Labute approximate surface area is 123 Å². The van der Waals surface area contributed by atoms with Crippen LogP contribution in [0.5, 0.6) is 0 Å². The Balaban J connectivity index is 1.88. The van der Waals surface area contributed by atoms with Crippen LogP contribution in [0.15, 0.2) is 29.1 Å². The molecule has 0 spiro atoms. The van der Waals surface area contributed by atoms with E-state index < -0.39 is 0 Å². The third-order valence-corrected chi connectivity index (χ3v) is 4.19. The molecule has 1 aromatic carbocycles. The maximum atomic E-state index is 12.3. The summed E-state index contributed by atoms with van der Waals surface area (Å²) in [6, 6.07) is 7.68. The number of benzene rings is 1. The molecule has 2 N–H and O–H groups in total. The summed E-state index contributed by atoms with van der Waals surface area (Å²) in [6.45, 7) is 1.95. The second-order valence-corrected chi connectivity index (χ2v) is 5.91. The molecule has 1 saturated carbocycles. The first-order valence-electron chi connectivity index (χ1n) is 7.58. The molecule has 4 nitrogen and oxygen atoms in total. The van der Waals surface area contributed by atoms with Crippen molar-refractivity contribution in [2.45, 2.75) is 45.1 Å². The number of aromatic amines is 1. The second kappa shape index (κ2) is 5.72. The fourth-order valence-corrected chi connectivity index (χ4v) is 3.01. The molecule has 4 heteroatoms. The van der Waals surface area contributed by atoms with Gasteiger partial charge in [-0.05, 0) is 37.3 Å². The van der Waals surface area contributed by atoms with E-state index >= 15 is 0 Å². The lowest BCUT2D eigenvalue weighted by atomic mass is 9.95. The molecule has 0 unspecified atom stereocenters. The first kappa shape index (κ1) is 13.9. The summed E-state index contributed by atoms with van der Waals surface area (Å²) in [5, 5.41) is 4.46. The number of hydrogen-bond acceptors (Lipinski definition) is 2. The van der Waals surface area contributed by atoms with Gasteiger partial charge < -0.3 is 10.3 Å². The highest BCUT2D eigenvalue weighted by Gasteiger charge is 2.17. The Bertz CT molecular complexity index is 727. The van der Waals surface area contributed by atoms with Gasteiger partial charge in [0.2, 0.25) is 0 Å². The molecule has 1 aliphatic rings. The fourth-order valence-electron chi connectivity index (χ4n) is 3.01. The van der Waals surface area contributed by atoms with Gasteiger partial charge in [-0.3, -0.25) is 9.59 Å². The van der Waals surface area contributed by atoms with Crippen LogP contribution in [0.1, 0.15) is 48.2 Å². The Hall–Kier alpha value is -2.10. The van der Waals surface area contributed by atoms with Crippen molar-refractivity contribution in [1.82, 2.24) is 10.3 Å². The summed E-state index contributed by atoms with van der Waals surface area (Å²) in [6.07, 6.45) is 5.64. The van der Waals surface area contributed by atoms with E-state index in [1.54, 1.807) is 6.07 Å². The smallest absolute Gasteiger partial charge is 0.268 e. The molecule has 1 aromatic heterocycles. The number of carbonyl (C=O) groups excluding carboxylic acids is 1. The van der Waals surface area contributed by atoms with Crippen molar-refractivity contribution in [3.8, 4) is 0 Å². The predicted molar refractivity (Wildman–Crippen MR) is 83.6 cm³/mol. The summed E-state index contributed by atoms with van der Waals surface area (Å²) in [5.74, 6) is -0.179. The maximum Gasteiger partial charge on any atom is 0.268 e. The lowest BCUT2D eigenvalue weighted by molar-refractivity contribution is 0.0922. The van der Waals surface area contributed by atoms with Gasteiger partial charge in [0.25, 0.3) is 11.5 Å². The molecule has 0 atom stereocenters. The van der Waals surface area contributed by atoms with Gasteiger partial charge in [-0.25, -0.2) is 0 Å². The minimum atomic E-state index is -0.204. The highest BCUT2D eigenvalue weighted by molar-refractivity contribution is 5.96. The van der Waals surface area contributed by atoms with Crippen LogP contribution in [0, 0.1) is 6.92 Å². The number of carbonyl (C=O) groups is 1. The minimum Gasteiger partial charge on any atom is -0.348 e. The Morgan fingerprint density at radius 3 is 2.71 bits per heavy atom. The van der Waals surface area contributed by atoms with Crippen LogP contribution in [0.3, 0.4) is 0 Å². The topological polar surface area (TPSA) is 62.0 Å². The van der Waals surface area contributed by atoms with Crippen molar-refractivity contribution >= 4 is 16.7 Å². The molecule has 3 rings (SSSR count). The largest absolute Gasteiger partial charge is 0.348 e. The number of amides is 1. The van der Waals surface area contributed by atoms with Crippen molar-refractivity contribution in [2.75, 3.05) is 0 Å². The van der Waals surface area contributed by atoms with Crippen LogP contribution >= 0.6 is 0 Å². The van der Waals surface area contributed by atoms with Gasteiger partial charge in [0.05, 0.1) is 0 Å². The van der Waals surface area contributed by atoms with Gasteiger partial charge >= 0.3 is 0 Å². The van der Waals surface area contributed by atoms with Crippen LogP contribution in [-0.2, 0) is 0 Å². The van der Waals surface area contributed by atoms with E-state index in [1.807, 2.05) is 25.1 Å². The van der Waals surface area contributed by atoms with Gasteiger partial charge in [0.15, 0.2) is 0 Å². The van der Waals surface area contributed by atoms with Crippen molar-refractivity contribution < 1.29 is 4.79 Å². The summed E-state index contributed by atoms with van der Waals surface area (Å²) >= 11 is 0. The van der Waals surface area contributed by atoms with Gasteiger partial charge in [0, 0.05) is 11.4 Å². The summed E-state index contributed by atoms with van der Waals surface area (Å²) < 4.78 is 0. The van der Waals surface area contributed by atoms with Crippen molar-refractivity contribution in [3.05, 3.63) is 45.9 Å². The molecule has 1 fully saturated rings. The fraction of sp³-hybridized carbons (Fsp3) is 0.412. The molecular weight excluding hydrogens is 264 g/mol. The summed E-state index contributed by atoms with van der Waals surface area (Å²) in [5.41, 5.74) is 1.18. The average molecular weight is 284 g/mol. The first-order valence-corrected chi connectivity index (χ1v) is 7.58. The molecule has 1 amide bonds. The molecular formula is C17H20N2O2. The summed E-state index contributed by atoms with van der Waals surface area (Å²) in [7, 11) is 0. The predicted octanol–water partition coefficient (Wildman–Crippen LogP) is 2.90. The molecule has 0 aliphatic heterocycles. The molecule has 110 valence electrons. The van der Waals surface area contributed by atoms with Gasteiger partial charge in [0.1, 0.15) is 5.69 Å². The third-order valence-electron chi connectivity index (χ3n) is 4.19. The average Bonchev–Trinajstić information content (AvgIpc) is 2.49. The van der Waals surface area contributed by atoms with E-state index in [9.17, 15) is 9.59 Å². The molecule has 21 heavy (non-hydrogen) atoms. The highest BCUT2D eigenvalue weighted by Crippen LogP contribution is 2.18. The zero-order valence-corrected chi connectivity index (χ0v) is 12.2. The van der Waals surface area contributed by atoms with Crippen molar-refractivity contribution in [1.29, 1.82) is 0 Å². The Morgan fingerprint density at radius 1 is 1.19 bits per heavy atom. The number of pyridine rings is 1. The van der Waals surface area contributed by atoms with Crippen molar-refractivity contribution in [3.63, 3.8) is 0 Å². The van der Waals surface area contributed by atoms with Gasteiger partial charge in [-0.15, -0.1) is 0 Å². The van der Waals surface area contributed by atoms with Crippen LogP contribution < -0.4 is 10.9 Å². The van der Waals surface area contributed by atoms with E-state index in [4.69, 9.17) is 0 Å². The monoisotopic (exact) mass is 284 g/mol. The second-order valence-electron chi connectivity index (χ2n) is 5.91. The van der Waals surface area contributed by atoms with Crippen LogP contribution in [0.4, 0.5) is 0 Å². The van der Waals surface area contributed by atoms with E-state index in [-0.39, 0.29) is 17.5 Å². The summed E-state index contributed by atoms with van der Waals surface area (Å²) in [4.78, 5) is 27.1. The zero-order chi connectivity index (χ0) is 14.8. The van der Waals surface area contributed by atoms with E-state index in [0.29, 0.717) is 11.1 Å². The maximum absolute atomic E-state index is 12.3. The number of fused-ring (bicyclic) bond motifs is 1. The number of hydrogen-bond donors (Lipinski definition) is 2. The third kappa shape index (κ3) is 2.99. The molecule has 2 aromatic rings. The number of H-pyrrole nitrogens is 1. The van der Waals surface area contributed by atoms with Crippen LogP contribution in [0.2, 0.25) is 0 Å². The number of rotatable bonds is 2. The molecule has 1 aliphatic carbocycles. The Kier molecular flexibility index (Phi) is 3.78. The van der Waals surface area contributed by atoms with Crippen LogP contribution in [0.25, 0.3) is 10.8 Å². The lowest BCUT2D eigenvalue weighted by Gasteiger charge is -2.22. The number of nitrogens with one attached hydrogen (secondary N) is 2. The zero-order valence-electron chi connectivity index (χ0n) is 12.2. The Morgan fingerprint density at radius 2 is 1.95 bits per heavy atom. The highest BCUT2D eigenvalue weighted by atomic mass is 16.2. The first-order chi connectivity index (χ1) is 10.1. The lowest BCUT2D eigenvalue weighted by Crippen LogP contribution is -2.37. The quantitative estimate of drug-likeness (QED) is 0.890. The van der Waals surface area contributed by atoms with E-state index in [1.165, 1.54) is 19.3 Å². The van der Waals surface area contributed by atoms with Gasteiger partial charge in [-0.2, -0.15) is 0 Å². The molecule has 0 saturated heterocycles. The van der Waals surface area contributed by atoms with E-state index in [2.05, 4.69) is 10.3 Å². The number of aryl methyl sites for hydroxylation is 1. The normalized spacial score (nSPS) is 16.0. The SMILES string of the molecule is Cc1ccc2cc(C(=O)NC3CCCCC3)[nH]c(=O)c2c1. The van der Waals surface area contributed by atoms with E-state index in [0.717, 1.165) is 23.8 Å². The van der Waals surface area contributed by atoms with Crippen LogP contribution in [-0.4, -0.2) is 16.9 Å². The number of aromatic nitrogens is 1.